The topological polar surface area (TPSA) is 12.0 Å². The van der Waals surface area contributed by atoms with Crippen LogP contribution in [0, 0.1) is 5.92 Å². The van der Waals surface area contributed by atoms with Crippen LogP contribution in [-0.4, -0.2) is 18.8 Å². The van der Waals surface area contributed by atoms with Gasteiger partial charge in [0.2, 0.25) is 0 Å². The van der Waals surface area contributed by atoms with Crippen LogP contribution in [0.15, 0.2) is 0 Å². The molecular formula is C10H20FN. The second-order valence-electron chi connectivity index (χ2n) is 4.07. The van der Waals surface area contributed by atoms with Gasteiger partial charge in [0.1, 0.15) is 5.67 Å². The highest BCUT2D eigenvalue weighted by Crippen LogP contribution is 2.31. The molecule has 0 saturated carbocycles. The lowest BCUT2D eigenvalue weighted by Gasteiger charge is -2.33. The molecule has 1 aliphatic rings. The number of rotatable bonds is 3. The Bertz CT molecular complexity index is 128. The molecule has 72 valence electrons. The Morgan fingerprint density at radius 2 is 2.33 bits per heavy atom. The van der Waals surface area contributed by atoms with Crippen molar-refractivity contribution in [2.45, 2.75) is 45.2 Å². The van der Waals surface area contributed by atoms with Crippen molar-refractivity contribution in [1.82, 2.24) is 5.32 Å². The van der Waals surface area contributed by atoms with Crippen LogP contribution in [0.25, 0.3) is 0 Å². The third-order valence-electron chi connectivity index (χ3n) is 2.89. The molecule has 0 aromatic rings. The highest BCUT2D eigenvalue weighted by molar-refractivity contribution is 4.85. The molecule has 1 nitrogen and oxygen atoms in total. The summed E-state index contributed by atoms with van der Waals surface area (Å²) >= 11 is 0. The van der Waals surface area contributed by atoms with Gasteiger partial charge in [0, 0.05) is 12.5 Å². The van der Waals surface area contributed by atoms with E-state index in [-0.39, 0.29) is 5.92 Å². The molecule has 0 spiro atoms. The van der Waals surface area contributed by atoms with Gasteiger partial charge in [-0.25, -0.2) is 4.39 Å². The molecule has 12 heavy (non-hydrogen) atoms. The molecule has 0 bridgehead atoms. The molecule has 2 atom stereocenters. The van der Waals surface area contributed by atoms with E-state index in [1.165, 1.54) is 0 Å². The third kappa shape index (κ3) is 2.44. The second-order valence-corrected chi connectivity index (χ2v) is 4.07. The van der Waals surface area contributed by atoms with Gasteiger partial charge >= 0.3 is 0 Å². The molecule has 1 fully saturated rings. The summed E-state index contributed by atoms with van der Waals surface area (Å²) < 4.78 is 13.9. The van der Waals surface area contributed by atoms with Crippen molar-refractivity contribution in [1.29, 1.82) is 0 Å². The SMILES string of the molecule is CCCC(C)(F)C1CCCNC1. The molecule has 0 aliphatic carbocycles. The van der Waals surface area contributed by atoms with E-state index in [0.29, 0.717) is 6.42 Å². The van der Waals surface area contributed by atoms with Crippen LogP contribution in [0.5, 0.6) is 0 Å². The Kier molecular flexibility index (Phi) is 3.51. The van der Waals surface area contributed by atoms with Crippen molar-refractivity contribution in [2.75, 3.05) is 13.1 Å². The smallest absolute Gasteiger partial charge is 0.112 e. The second kappa shape index (κ2) is 4.22. The van der Waals surface area contributed by atoms with E-state index in [1.807, 2.05) is 6.92 Å². The molecule has 1 rings (SSSR count). The summed E-state index contributed by atoms with van der Waals surface area (Å²) in [5, 5.41) is 3.26. The first-order valence-corrected chi connectivity index (χ1v) is 5.06. The fraction of sp³-hybridized carbons (Fsp3) is 1.00. The maximum absolute atomic E-state index is 13.9. The Morgan fingerprint density at radius 1 is 1.58 bits per heavy atom. The molecular weight excluding hydrogens is 153 g/mol. The predicted octanol–water partition coefficient (Wildman–Crippen LogP) is 2.51. The Hall–Kier alpha value is -0.110. The van der Waals surface area contributed by atoms with Crippen LogP contribution < -0.4 is 5.32 Å². The van der Waals surface area contributed by atoms with Gasteiger partial charge in [0.05, 0.1) is 0 Å². The molecule has 1 saturated heterocycles. The zero-order valence-corrected chi connectivity index (χ0v) is 8.20. The normalized spacial score (nSPS) is 29.8. The van der Waals surface area contributed by atoms with Gasteiger partial charge in [0.25, 0.3) is 0 Å². The van der Waals surface area contributed by atoms with Gasteiger partial charge in [-0.2, -0.15) is 0 Å². The summed E-state index contributed by atoms with van der Waals surface area (Å²) in [5.74, 6) is 0.242. The monoisotopic (exact) mass is 173 g/mol. The quantitative estimate of drug-likeness (QED) is 0.691. The largest absolute Gasteiger partial charge is 0.316 e. The molecule has 2 heteroatoms. The molecule has 0 amide bonds. The van der Waals surface area contributed by atoms with Crippen molar-refractivity contribution < 1.29 is 4.39 Å². The highest BCUT2D eigenvalue weighted by Gasteiger charge is 2.33. The Labute approximate surface area is 74.7 Å². The average Bonchev–Trinajstić information content (AvgIpc) is 2.06. The minimum atomic E-state index is -0.942. The summed E-state index contributed by atoms with van der Waals surface area (Å²) in [6.45, 7) is 5.74. The number of hydrogen-bond donors (Lipinski definition) is 1. The third-order valence-corrected chi connectivity index (χ3v) is 2.89. The zero-order valence-electron chi connectivity index (χ0n) is 8.20. The van der Waals surface area contributed by atoms with Gasteiger partial charge in [-0.15, -0.1) is 0 Å². The summed E-state index contributed by atoms with van der Waals surface area (Å²) in [4.78, 5) is 0. The van der Waals surface area contributed by atoms with Gasteiger partial charge in [-0.05, 0) is 32.7 Å². The molecule has 0 radical (unpaired) electrons. The lowest BCUT2D eigenvalue weighted by atomic mass is 9.82. The zero-order chi connectivity index (χ0) is 9.03. The maximum Gasteiger partial charge on any atom is 0.112 e. The maximum atomic E-state index is 13.9. The summed E-state index contributed by atoms with van der Waals surface area (Å²) in [6.07, 6.45) is 3.84. The molecule has 0 aromatic carbocycles. The average molecular weight is 173 g/mol. The van der Waals surface area contributed by atoms with Crippen molar-refractivity contribution >= 4 is 0 Å². The molecule has 1 heterocycles. The molecule has 0 aromatic heterocycles. The lowest BCUT2D eigenvalue weighted by molar-refractivity contribution is 0.0729. The van der Waals surface area contributed by atoms with E-state index < -0.39 is 5.67 Å². The minimum Gasteiger partial charge on any atom is -0.316 e. The molecule has 1 N–H and O–H groups in total. The first-order valence-electron chi connectivity index (χ1n) is 5.06. The van der Waals surface area contributed by atoms with E-state index in [2.05, 4.69) is 5.32 Å². The van der Waals surface area contributed by atoms with E-state index in [9.17, 15) is 4.39 Å². The van der Waals surface area contributed by atoms with Crippen molar-refractivity contribution in [3.63, 3.8) is 0 Å². The predicted molar refractivity (Wildman–Crippen MR) is 50.0 cm³/mol. The lowest BCUT2D eigenvalue weighted by Crippen LogP contribution is -2.41. The van der Waals surface area contributed by atoms with Crippen molar-refractivity contribution in [3.05, 3.63) is 0 Å². The number of alkyl halides is 1. The van der Waals surface area contributed by atoms with E-state index in [1.54, 1.807) is 6.92 Å². The number of piperidine rings is 1. The van der Waals surface area contributed by atoms with Gasteiger partial charge in [0.15, 0.2) is 0 Å². The number of hydrogen-bond acceptors (Lipinski definition) is 1. The Balaban J connectivity index is 2.41. The minimum absolute atomic E-state index is 0.242. The standard InChI is InChI=1S/C10H20FN/c1-3-6-10(2,11)9-5-4-7-12-8-9/h9,12H,3-8H2,1-2H3. The number of halogens is 1. The van der Waals surface area contributed by atoms with Crippen LogP contribution in [0.3, 0.4) is 0 Å². The summed E-state index contributed by atoms with van der Waals surface area (Å²) in [6, 6.07) is 0. The van der Waals surface area contributed by atoms with Gasteiger partial charge in [-0.3, -0.25) is 0 Å². The van der Waals surface area contributed by atoms with Crippen molar-refractivity contribution in [2.24, 2.45) is 5.92 Å². The van der Waals surface area contributed by atoms with Crippen LogP contribution in [-0.2, 0) is 0 Å². The van der Waals surface area contributed by atoms with E-state index in [4.69, 9.17) is 0 Å². The fourth-order valence-electron chi connectivity index (χ4n) is 2.06. The van der Waals surface area contributed by atoms with E-state index in [0.717, 1.165) is 32.4 Å². The van der Waals surface area contributed by atoms with E-state index >= 15 is 0 Å². The van der Waals surface area contributed by atoms with Crippen molar-refractivity contribution in [3.8, 4) is 0 Å². The molecule has 2 unspecified atom stereocenters. The summed E-state index contributed by atoms with van der Waals surface area (Å²) in [7, 11) is 0. The first kappa shape index (κ1) is 9.97. The summed E-state index contributed by atoms with van der Waals surface area (Å²) in [5.41, 5.74) is -0.942. The first-order chi connectivity index (χ1) is 5.67. The highest BCUT2D eigenvalue weighted by atomic mass is 19.1. The number of nitrogens with one attached hydrogen (secondary N) is 1. The molecule has 1 aliphatic heterocycles. The van der Waals surface area contributed by atoms with Crippen LogP contribution in [0.2, 0.25) is 0 Å². The van der Waals surface area contributed by atoms with Gasteiger partial charge in [-0.1, -0.05) is 13.3 Å². The van der Waals surface area contributed by atoms with Gasteiger partial charge < -0.3 is 5.32 Å². The fourth-order valence-corrected chi connectivity index (χ4v) is 2.06. The van der Waals surface area contributed by atoms with Crippen LogP contribution >= 0.6 is 0 Å². The van der Waals surface area contributed by atoms with Crippen LogP contribution in [0.1, 0.15) is 39.5 Å². The van der Waals surface area contributed by atoms with Crippen LogP contribution in [0.4, 0.5) is 4.39 Å². The Morgan fingerprint density at radius 3 is 2.83 bits per heavy atom.